The van der Waals surface area contributed by atoms with Crippen molar-refractivity contribution >= 4 is 12.2 Å². The molecule has 1 radical (unpaired) electrons. The fourth-order valence-electron chi connectivity index (χ4n) is 1.64. The molecule has 4 heteroatoms. The van der Waals surface area contributed by atoms with Crippen molar-refractivity contribution in [2.45, 2.75) is 38.3 Å². The summed E-state index contributed by atoms with van der Waals surface area (Å²) in [5, 5.41) is 0. The minimum absolute atomic E-state index is 0.103. The van der Waals surface area contributed by atoms with Crippen LogP contribution in [0.15, 0.2) is 9.98 Å². The van der Waals surface area contributed by atoms with Crippen LogP contribution in [0.25, 0.3) is 0 Å². The van der Waals surface area contributed by atoms with E-state index in [4.69, 9.17) is 0 Å². The van der Waals surface area contributed by atoms with Gasteiger partial charge in [0.25, 0.3) is 0 Å². The smallest absolute Gasteiger partial charge is 0.211 e. The molecule has 4 nitrogen and oxygen atoms in total. The molecule has 0 aromatic heterocycles. The van der Waals surface area contributed by atoms with Gasteiger partial charge in [0.15, 0.2) is 0 Å². The summed E-state index contributed by atoms with van der Waals surface area (Å²) in [6, 6.07) is -0.207. The molecule has 2 unspecified atom stereocenters. The van der Waals surface area contributed by atoms with E-state index in [0.29, 0.717) is 0 Å². The molecule has 1 rings (SSSR count). The zero-order valence-electron chi connectivity index (χ0n) is 7.49. The number of rotatable bonds is 2. The summed E-state index contributed by atoms with van der Waals surface area (Å²) >= 11 is 0. The maximum absolute atomic E-state index is 10.1. The van der Waals surface area contributed by atoms with E-state index in [1.165, 1.54) is 0 Å². The summed E-state index contributed by atoms with van der Waals surface area (Å²) in [5.74, 6) is 0.970. The van der Waals surface area contributed by atoms with Gasteiger partial charge in [-0.05, 0) is 19.3 Å². The van der Waals surface area contributed by atoms with Gasteiger partial charge in [0.05, 0.1) is 12.1 Å². The Labute approximate surface area is 76.8 Å². The first-order valence-corrected chi connectivity index (χ1v) is 4.27. The van der Waals surface area contributed by atoms with Gasteiger partial charge < -0.3 is 0 Å². The fraction of sp³-hybridized carbons (Fsp3) is 0.667. The van der Waals surface area contributed by atoms with Gasteiger partial charge in [0, 0.05) is 5.92 Å². The number of isocyanates is 2. The van der Waals surface area contributed by atoms with Crippen LogP contribution in [0.3, 0.4) is 0 Å². The summed E-state index contributed by atoms with van der Waals surface area (Å²) in [6.07, 6.45) is 5.73. The number of hydrogen-bond acceptors (Lipinski definition) is 4. The van der Waals surface area contributed by atoms with Crippen molar-refractivity contribution in [1.82, 2.24) is 0 Å². The van der Waals surface area contributed by atoms with Crippen LogP contribution >= 0.6 is 0 Å². The zero-order valence-corrected chi connectivity index (χ0v) is 7.49. The molecular weight excluding hydrogens is 168 g/mol. The lowest BCUT2D eigenvalue weighted by molar-refractivity contribution is 0.427. The van der Waals surface area contributed by atoms with Crippen LogP contribution in [-0.2, 0) is 9.59 Å². The predicted molar refractivity (Wildman–Crippen MR) is 46.6 cm³/mol. The highest BCUT2D eigenvalue weighted by atomic mass is 16.1. The largest absolute Gasteiger partial charge is 0.235 e. The van der Waals surface area contributed by atoms with E-state index in [2.05, 4.69) is 9.98 Å². The van der Waals surface area contributed by atoms with Gasteiger partial charge >= 0.3 is 0 Å². The van der Waals surface area contributed by atoms with Crippen LogP contribution in [0.4, 0.5) is 0 Å². The molecule has 69 valence electrons. The van der Waals surface area contributed by atoms with Gasteiger partial charge in [-0.15, -0.1) is 0 Å². The van der Waals surface area contributed by atoms with Crippen LogP contribution in [0.5, 0.6) is 0 Å². The zero-order chi connectivity index (χ0) is 9.68. The normalized spacial score (nSPS) is 28.7. The summed E-state index contributed by atoms with van der Waals surface area (Å²) < 4.78 is 0. The molecule has 1 fully saturated rings. The van der Waals surface area contributed by atoms with Crippen LogP contribution in [-0.4, -0.2) is 24.2 Å². The van der Waals surface area contributed by atoms with Crippen LogP contribution in [0.2, 0.25) is 0 Å². The Bertz CT molecular complexity index is 239. The number of aliphatic imine (C=N–C) groups is 2. The Morgan fingerprint density at radius 3 is 2.00 bits per heavy atom. The van der Waals surface area contributed by atoms with Crippen LogP contribution < -0.4 is 0 Å². The molecule has 0 saturated heterocycles. The maximum Gasteiger partial charge on any atom is 0.235 e. The molecule has 0 spiro atoms. The predicted octanol–water partition coefficient (Wildman–Crippen LogP) is 1.17. The molecule has 0 N–H and O–H groups in total. The summed E-state index contributed by atoms with van der Waals surface area (Å²) in [7, 11) is 0. The second-order valence-corrected chi connectivity index (χ2v) is 3.15. The first-order valence-electron chi connectivity index (χ1n) is 4.27. The monoisotopic (exact) mass is 179 g/mol. The molecule has 1 aliphatic carbocycles. The van der Waals surface area contributed by atoms with E-state index < -0.39 is 0 Å². The van der Waals surface area contributed by atoms with Gasteiger partial charge in [-0.1, -0.05) is 6.92 Å². The molecule has 13 heavy (non-hydrogen) atoms. The minimum atomic E-state index is -0.103. The third-order valence-corrected chi connectivity index (χ3v) is 2.42. The molecule has 0 aromatic rings. The molecule has 1 aliphatic rings. The lowest BCUT2D eigenvalue weighted by Gasteiger charge is -2.28. The van der Waals surface area contributed by atoms with E-state index in [1.807, 2.05) is 6.92 Å². The summed E-state index contributed by atoms with van der Waals surface area (Å²) in [6.45, 7) is 1.87. The second-order valence-electron chi connectivity index (χ2n) is 3.15. The third-order valence-electron chi connectivity index (χ3n) is 2.42. The standard InChI is InChI=1S/C9H11N2O2/c1-7-8(10-5-12)3-2-4-9(7)11-6-13/h8-9H,2-4H2,1H3. The highest BCUT2D eigenvalue weighted by molar-refractivity contribution is 5.37. The Balaban J connectivity index is 2.70. The molecule has 0 amide bonds. The summed E-state index contributed by atoms with van der Waals surface area (Å²) in [4.78, 5) is 27.5. The average Bonchev–Trinajstić information content (AvgIpc) is 2.13. The lowest BCUT2D eigenvalue weighted by atomic mass is 9.82. The van der Waals surface area contributed by atoms with Crippen molar-refractivity contribution < 1.29 is 9.59 Å². The highest BCUT2D eigenvalue weighted by Crippen LogP contribution is 2.30. The van der Waals surface area contributed by atoms with Gasteiger partial charge in [-0.3, -0.25) is 0 Å². The first-order chi connectivity index (χ1) is 6.29. The quantitative estimate of drug-likeness (QED) is 0.472. The molecule has 0 aliphatic heterocycles. The van der Waals surface area contributed by atoms with Gasteiger partial charge in [-0.2, -0.15) is 0 Å². The summed E-state index contributed by atoms with van der Waals surface area (Å²) in [5.41, 5.74) is 0. The Kier molecular flexibility index (Phi) is 3.56. The van der Waals surface area contributed by atoms with Gasteiger partial charge in [-0.25, -0.2) is 19.6 Å². The van der Waals surface area contributed by atoms with Crippen molar-refractivity contribution in [2.24, 2.45) is 9.98 Å². The van der Waals surface area contributed by atoms with E-state index >= 15 is 0 Å². The second kappa shape index (κ2) is 4.70. The van der Waals surface area contributed by atoms with Crippen LogP contribution in [0.1, 0.15) is 26.2 Å². The molecule has 1 saturated carbocycles. The van der Waals surface area contributed by atoms with E-state index in [0.717, 1.165) is 25.2 Å². The third kappa shape index (κ3) is 2.35. The molecule has 0 aromatic carbocycles. The number of carbonyl (C=O) groups excluding carboxylic acids is 2. The SMILES string of the molecule is C[C]1C(N=C=O)CCCC1N=C=O. The maximum atomic E-state index is 10.1. The average molecular weight is 179 g/mol. The fourth-order valence-corrected chi connectivity index (χ4v) is 1.64. The first kappa shape index (κ1) is 9.85. The van der Waals surface area contributed by atoms with E-state index in [-0.39, 0.29) is 12.1 Å². The Morgan fingerprint density at radius 1 is 1.15 bits per heavy atom. The molecule has 0 bridgehead atoms. The highest BCUT2D eigenvalue weighted by Gasteiger charge is 2.30. The number of hydrogen-bond donors (Lipinski definition) is 0. The van der Waals surface area contributed by atoms with Gasteiger partial charge in [0.2, 0.25) is 12.2 Å². The van der Waals surface area contributed by atoms with Crippen molar-refractivity contribution in [3.63, 3.8) is 0 Å². The molecule has 0 heterocycles. The van der Waals surface area contributed by atoms with Crippen molar-refractivity contribution in [1.29, 1.82) is 0 Å². The van der Waals surface area contributed by atoms with Crippen molar-refractivity contribution in [3.05, 3.63) is 5.92 Å². The van der Waals surface area contributed by atoms with E-state index in [9.17, 15) is 9.59 Å². The molecule has 2 atom stereocenters. The van der Waals surface area contributed by atoms with Gasteiger partial charge in [0.1, 0.15) is 0 Å². The number of nitrogens with zero attached hydrogens (tertiary/aromatic N) is 2. The lowest BCUT2D eigenvalue weighted by Crippen LogP contribution is -2.29. The van der Waals surface area contributed by atoms with Crippen molar-refractivity contribution in [2.75, 3.05) is 0 Å². The van der Waals surface area contributed by atoms with Crippen LogP contribution in [0, 0.1) is 5.92 Å². The topological polar surface area (TPSA) is 58.9 Å². The molecular formula is C9H11N2O2. The Morgan fingerprint density at radius 2 is 1.62 bits per heavy atom. The Hall–Kier alpha value is -1.24. The van der Waals surface area contributed by atoms with E-state index in [1.54, 1.807) is 12.2 Å². The minimum Gasteiger partial charge on any atom is -0.211 e. The van der Waals surface area contributed by atoms with Crippen molar-refractivity contribution in [3.8, 4) is 0 Å².